The number of anilines is 1. The molecule has 1 saturated heterocycles. The van der Waals surface area contributed by atoms with Crippen LogP contribution in [0.3, 0.4) is 0 Å². The van der Waals surface area contributed by atoms with Crippen molar-refractivity contribution >= 4 is 22.8 Å². The van der Waals surface area contributed by atoms with Crippen molar-refractivity contribution in [3.05, 3.63) is 33.9 Å². The number of halogens is 2. The molecule has 3 rings (SSSR count). The van der Waals surface area contributed by atoms with Crippen LogP contribution in [0.1, 0.15) is 10.4 Å². The van der Waals surface area contributed by atoms with E-state index in [1.807, 2.05) is 7.05 Å². The second-order valence-electron chi connectivity index (χ2n) is 6.01. The van der Waals surface area contributed by atoms with Gasteiger partial charge in [-0.2, -0.15) is 0 Å². The fourth-order valence-electron chi connectivity index (χ4n) is 2.93. The first-order chi connectivity index (χ1) is 11.9. The molecule has 1 aliphatic heterocycles. The van der Waals surface area contributed by atoms with Gasteiger partial charge < -0.3 is 19.5 Å². The minimum atomic E-state index is -1.44. The number of piperazine rings is 1. The molecule has 0 bridgehead atoms. The summed E-state index contributed by atoms with van der Waals surface area (Å²) in [6.07, 6.45) is 1.06. The van der Waals surface area contributed by atoms with E-state index < -0.39 is 29.5 Å². The molecule has 0 atom stereocenters. The minimum Gasteiger partial charge on any atom is -0.477 e. The summed E-state index contributed by atoms with van der Waals surface area (Å²) in [5.41, 5.74) is -1.27. The van der Waals surface area contributed by atoms with E-state index in [-0.39, 0.29) is 23.4 Å². The molecule has 0 spiro atoms. The van der Waals surface area contributed by atoms with Gasteiger partial charge in [-0.15, -0.1) is 0 Å². The van der Waals surface area contributed by atoms with E-state index in [9.17, 15) is 18.4 Å². The van der Waals surface area contributed by atoms with E-state index >= 15 is 0 Å². The van der Waals surface area contributed by atoms with Crippen LogP contribution in [-0.4, -0.2) is 65.4 Å². The number of nitrogens with zero attached hydrogens (tertiary/aromatic N) is 4. The Morgan fingerprint density at radius 3 is 2.60 bits per heavy atom. The highest BCUT2D eigenvalue weighted by Crippen LogP contribution is 2.22. The Kier molecular flexibility index (Phi) is 4.67. The number of likely N-dealkylation sites (N-methyl/N-ethyl adjacent to an activating group) is 1. The molecule has 0 saturated carbocycles. The third-order valence-corrected chi connectivity index (χ3v) is 4.34. The maximum Gasteiger partial charge on any atom is 0.341 e. The lowest BCUT2D eigenvalue weighted by Gasteiger charge is -2.33. The molecule has 2 aromatic heterocycles. The zero-order chi connectivity index (χ0) is 18.1. The van der Waals surface area contributed by atoms with Crippen LogP contribution in [0, 0.1) is 5.82 Å². The van der Waals surface area contributed by atoms with Gasteiger partial charge in [0, 0.05) is 32.4 Å². The number of pyridine rings is 2. The number of aryl methyl sites for hydroxylation is 1. The van der Waals surface area contributed by atoms with Crippen molar-refractivity contribution < 1.29 is 18.7 Å². The molecule has 25 heavy (non-hydrogen) atoms. The van der Waals surface area contributed by atoms with Crippen molar-refractivity contribution in [3.8, 4) is 0 Å². The number of hydrogen-bond donors (Lipinski definition) is 1. The monoisotopic (exact) mass is 352 g/mol. The van der Waals surface area contributed by atoms with E-state index in [2.05, 4.69) is 9.88 Å². The van der Waals surface area contributed by atoms with E-state index in [1.165, 1.54) is 4.57 Å². The number of hydrogen-bond acceptors (Lipinski definition) is 5. The maximum absolute atomic E-state index is 14.5. The number of rotatable bonds is 4. The van der Waals surface area contributed by atoms with Crippen LogP contribution in [0.25, 0.3) is 11.0 Å². The van der Waals surface area contributed by atoms with Crippen molar-refractivity contribution in [3.63, 3.8) is 0 Å². The van der Waals surface area contributed by atoms with Crippen molar-refractivity contribution in [1.29, 1.82) is 0 Å². The van der Waals surface area contributed by atoms with Crippen molar-refractivity contribution in [2.75, 3.05) is 44.8 Å². The quantitative estimate of drug-likeness (QED) is 0.883. The lowest BCUT2D eigenvalue weighted by molar-refractivity contribution is 0.0694. The molecular weight excluding hydrogens is 334 g/mol. The standard InChI is InChI=1S/C16H18F2N4O3/c1-20-4-6-21(7-5-20)15-12(18)8-10-13(23)11(16(24)25)9-22(3-2-17)14(10)19-15/h8-9H,2-7H2,1H3,(H,24,25). The Labute approximate surface area is 142 Å². The summed E-state index contributed by atoms with van der Waals surface area (Å²) in [4.78, 5) is 31.6. The van der Waals surface area contributed by atoms with Crippen LogP contribution in [-0.2, 0) is 6.54 Å². The SMILES string of the molecule is CN1CCN(c2nc3c(cc2F)c(=O)c(C(=O)O)cn3CCF)CC1. The molecule has 7 nitrogen and oxygen atoms in total. The topological polar surface area (TPSA) is 78.7 Å². The summed E-state index contributed by atoms with van der Waals surface area (Å²) in [6.45, 7) is 1.71. The van der Waals surface area contributed by atoms with Crippen molar-refractivity contribution in [2.45, 2.75) is 6.54 Å². The van der Waals surface area contributed by atoms with Gasteiger partial charge in [0.25, 0.3) is 0 Å². The van der Waals surface area contributed by atoms with E-state index in [1.54, 1.807) is 4.90 Å². The average molecular weight is 352 g/mol. The number of carbonyl (C=O) groups is 1. The minimum absolute atomic E-state index is 0.0861. The molecule has 0 aromatic carbocycles. The molecule has 134 valence electrons. The predicted octanol–water partition coefficient (Wildman–Crippen LogP) is 0.955. The van der Waals surface area contributed by atoms with E-state index in [0.717, 1.165) is 25.4 Å². The Bertz CT molecular complexity index is 876. The van der Waals surface area contributed by atoms with Crippen molar-refractivity contribution in [1.82, 2.24) is 14.5 Å². The highest BCUT2D eigenvalue weighted by molar-refractivity contribution is 5.92. The van der Waals surface area contributed by atoms with Crippen LogP contribution < -0.4 is 10.3 Å². The fraction of sp³-hybridized carbons (Fsp3) is 0.438. The second kappa shape index (κ2) is 6.75. The van der Waals surface area contributed by atoms with Crippen LogP contribution in [0.5, 0.6) is 0 Å². The summed E-state index contributed by atoms with van der Waals surface area (Å²) in [6, 6.07) is 0.999. The number of alkyl halides is 1. The molecule has 0 amide bonds. The molecule has 1 fully saturated rings. The normalized spacial score (nSPS) is 15.7. The van der Waals surface area contributed by atoms with E-state index in [0.29, 0.717) is 13.1 Å². The lowest BCUT2D eigenvalue weighted by atomic mass is 10.2. The first kappa shape index (κ1) is 17.3. The Morgan fingerprint density at radius 1 is 1.32 bits per heavy atom. The Balaban J connectivity index is 2.18. The van der Waals surface area contributed by atoms with Gasteiger partial charge in [-0.1, -0.05) is 0 Å². The molecular formula is C16H18F2N4O3. The predicted molar refractivity (Wildman–Crippen MR) is 88.6 cm³/mol. The van der Waals surface area contributed by atoms with Gasteiger partial charge in [-0.05, 0) is 13.1 Å². The number of carboxylic acid groups (broad SMARTS) is 1. The van der Waals surface area contributed by atoms with E-state index in [4.69, 9.17) is 5.11 Å². The van der Waals surface area contributed by atoms with Gasteiger partial charge in [-0.3, -0.25) is 4.79 Å². The molecule has 1 N–H and O–H groups in total. The third-order valence-electron chi connectivity index (χ3n) is 4.34. The van der Waals surface area contributed by atoms with Gasteiger partial charge in [0.2, 0.25) is 5.43 Å². The highest BCUT2D eigenvalue weighted by atomic mass is 19.1. The van der Waals surface area contributed by atoms with Crippen LogP contribution in [0.2, 0.25) is 0 Å². The van der Waals surface area contributed by atoms with Gasteiger partial charge in [0.05, 0.1) is 11.9 Å². The molecule has 3 heterocycles. The van der Waals surface area contributed by atoms with Crippen LogP contribution in [0.4, 0.5) is 14.6 Å². The summed E-state index contributed by atoms with van der Waals surface area (Å²) in [7, 11) is 1.97. The third kappa shape index (κ3) is 3.19. The molecule has 1 aliphatic rings. The van der Waals surface area contributed by atoms with Crippen LogP contribution >= 0.6 is 0 Å². The summed E-state index contributed by atoms with van der Waals surface area (Å²) in [5, 5.41) is 8.97. The first-order valence-corrected chi connectivity index (χ1v) is 7.89. The summed E-state index contributed by atoms with van der Waals surface area (Å²) in [5.74, 6) is -2.04. The Hall–Kier alpha value is -2.55. The van der Waals surface area contributed by atoms with Gasteiger partial charge in [0.15, 0.2) is 11.6 Å². The highest BCUT2D eigenvalue weighted by Gasteiger charge is 2.22. The molecule has 9 heteroatoms. The molecule has 0 aliphatic carbocycles. The molecule has 2 aromatic rings. The molecule has 0 radical (unpaired) electrons. The van der Waals surface area contributed by atoms with Gasteiger partial charge >= 0.3 is 5.97 Å². The van der Waals surface area contributed by atoms with Gasteiger partial charge in [0.1, 0.15) is 17.9 Å². The number of fused-ring (bicyclic) bond motifs is 1. The first-order valence-electron chi connectivity index (χ1n) is 7.89. The maximum atomic E-state index is 14.5. The Morgan fingerprint density at radius 2 is 2.00 bits per heavy atom. The smallest absolute Gasteiger partial charge is 0.341 e. The lowest BCUT2D eigenvalue weighted by Crippen LogP contribution is -2.45. The largest absolute Gasteiger partial charge is 0.477 e. The summed E-state index contributed by atoms with van der Waals surface area (Å²) < 4.78 is 28.6. The van der Waals surface area contributed by atoms with Crippen LogP contribution in [0.15, 0.2) is 17.1 Å². The molecule has 0 unspecified atom stereocenters. The number of carboxylic acids is 1. The fourth-order valence-corrected chi connectivity index (χ4v) is 2.93. The second-order valence-corrected chi connectivity index (χ2v) is 6.01. The average Bonchev–Trinajstić information content (AvgIpc) is 2.58. The zero-order valence-corrected chi connectivity index (χ0v) is 13.7. The summed E-state index contributed by atoms with van der Waals surface area (Å²) >= 11 is 0. The number of aromatic carboxylic acids is 1. The van der Waals surface area contributed by atoms with Crippen molar-refractivity contribution in [2.24, 2.45) is 0 Å². The number of aromatic nitrogens is 2. The van der Waals surface area contributed by atoms with Gasteiger partial charge in [-0.25, -0.2) is 18.6 Å². The zero-order valence-electron chi connectivity index (χ0n) is 13.7.